The highest BCUT2D eigenvalue weighted by Crippen LogP contribution is 2.28. The van der Waals surface area contributed by atoms with Crippen molar-refractivity contribution in [1.82, 2.24) is 0 Å². The van der Waals surface area contributed by atoms with E-state index >= 15 is 0 Å². The van der Waals surface area contributed by atoms with E-state index in [0.29, 0.717) is 27.7 Å². The normalized spacial score (nSPS) is 11.3. The zero-order valence-corrected chi connectivity index (χ0v) is 17.3. The van der Waals surface area contributed by atoms with Gasteiger partial charge in [-0.25, -0.2) is 8.42 Å². The molecule has 0 heterocycles. The molecule has 146 valence electrons. The summed E-state index contributed by atoms with van der Waals surface area (Å²) in [5.41, 5.74) is 1.48. The van der Waals surface area contributed by atoms with Crippen molar-refractivity contribution in [2.45, 2.75) is 26.9 Å². The number of carbonyl (C=O) groups is 1. The van der Waals surface area contributed by atoms with Crippen LogP contribution in [0.5, 0.6) is 5.75 Å². The molecule has 0 aliphatic rings. The van der Waals surface area contributed by atoms with Gasteiger partial charge in [-0.15, -0.1) is 0 Å². The number of anilines is 2. The SMILES string of the molecule is Cc1c(Cl)cccc1N(CC(=O)Nc1cccc(OC(C)C)c1)S(C)(=O)=O. The van der Waals surface area contributed by atoms with Gasteiger partial charge in [0.25, 0.3) is 0 Å². The first-order chi connectivity index (χ1) is 12.6. The zero-order chi connectivity index (χ0) is 20.2. The lowest BCUT2D eigenvalue weighted by atomic mass is 10.2. The van der Waals surface area contributed by atoms with Crippen LogP contribution in [-0.2, 0) is 14.8 Å². The van der Waals surface area contributed by atoms with Crippen LogP contribution in [-0.4, -0.2) is 33.2 Å². The molecule has 0 saturated heterocycles. The highest BCUT2D eigenvalue weighted by atomic mass is 35.5. The van der Waals surface area contributed by atoms with Crippen LogP contribution in [0.1, 0.15) is 19.4 Å². The smallest absolute Gasteiger partial charge is 0.245 e. The van der Waals surface area contributed by atoms with Gasteiger partial charge in [0.2, 0.25) is 15.9 Å². The van der Waals surface area contributed by atoms with Crippen molar-refractivity contribution in [3.05, 3.63) is 53.1 Å². The Morgan fingerprint density at radius 3 is 2.52 bits per heavy atom. The van der Waals surface area contributed by atoms with Crippen LogP contribution in [0, 0.1) is 6.92 Å². The third-order valence-electron chi connectivity index (χ3n) is 3.68. The van der Waals surface area contributed by atoms with Gasteiger partial charge in [0.15, 0.2) is 0 Å². The highest BCUT2D eigenvalue weighted by Gasteiger charge is 2.23. The summed E-state index contributed by atoms with van der Waals surface area (Å²) in [6.07, 6.45) is 1.06. The van der Waals surface area contributed by atoms with E-state index in [4.69, 9.17) is 16.3 Å². The predicted octanol–water partition coefficient (Wildman–Crippen LogP) is 3.84. The number of hydrogen-bond donors (Lipinski definition) is 1. The van der Waals surface area contributed by atoms with E-state index in [-0.39, 0.29) is 12.6 Å². The fourth-order valence-corrected chi connectivity index (χ4v) is 3.57. The Morgan fingerprint density at radius 2 is 1.89 bits per heavy atom. The standard InChI is InChI=1S/C19H23ClN2O4S/c1-13(2)26-16-8-5-7-15(11-16)21-19(23)12-22(27(4,24)25)18-10-6-9-17(20)14(18)3/h5-11,13H,12H2,1-4H3,(H,21,23). The Balaban J connectivity index is 2.21. The molecule has 0 unspecified atom stereocenters. The van der Waals surface area contributed by atoms with E-state index in [1.807, 2.05) is 13.8 Å². The minimum absolute atomic E-state index is 0.00230. The van der Waals surface area contributed by atoms with Crippen molar-refractivity contribution in [2.24, 2.45) is 0 Å². The second-order valence-electron chi connectivity index (χ2n) is 6.40. The summed E-state index contributed by atoms with van der Waals surface area (Å²) < 4.78 is 31.1. The molecule has 1 N–H and O–H groups in total. The molecule has 8 heteroatoms. The van der Waals surface area contributed by atoms with Crippen LogP contribution in [0.15, 0.2) is 42.5 Å². The molecule has 0 bridgehead atoms. The molecule has 0 fully saturated rings. The van der Waals surface area contributed by atoms with E-state index in [0.717, 1.165) is 10.6 Å². The summed E-state index contributed by atoms with van der Waals surface area (Å²) in [5, 5.41) is 3.13. The molecule has 2 aromatic carbocycles. The Hall–Kier alpha value is -2.25. The van der Waals surface area contributed by atoms with Crippen LogP contribution < -0.4 is 14.4 Å². The van der Waals surface area contributed by atoms with Gasteiger partial charge in [0.05, 0.1) is 18.0 Å². The molecular formula is C19H23ClN2O4S. The number of hydrogen-bond acceptors (Lipinski definition) is 4. The number of amides is 1. The maximum Gasteiger partial charge on any atom is 0.245 e. The van der Waals surface area contributed by atoms with Crippen LogP contribution in [0.3, 0.4) is 0 Å². The summed E-state index contributed by atoms with van der Waals surface area (Å²) in [7, 11) is -3.68. The zero-order valence-electron chi connectivity index (χ0n) is 15.7. The van der Waals surface area contributed by atoms with Gasteiger partial charge < -0.3 is 10.1 Å². The summed E-state index contributed by atoms with van der Waals surface area (Å²) in [6, 6.07) is 11.9. The molecule has 0 aliphatic heterocycles. The molecule has 2 aromatic rings. The summed E-state index contributed by atoms with van der Waals surface area (Å²) >= 11 is 6.10. The molecule has 0 atom stereocenters. The van der Waals surface area contributed by atoms with Crippen molar-refractivity contribution in [1.29, 1.82) is 0 Å². The summed E-state index contributed by atoms with van der Waals surface area (Å²) in [4.78, 5) is 12.5. The molecule has 6 nitrogen and oxygen atoms in total. The van der Waals surface area contributed by atoms with E-state index in [1.54, 1.807) is 49.4 Å². The third-order valence-corrected chi connectivity index (χ3v) is 5.22. The fraction of sp³-hybridized carbons (Fsp3) is 0.316. The van der Waals surface area contributed by atoms with Gasteiger partial charge >= 0.3 is 0 Å². The average molecular weight is 411 g/mol. The van der Waals surface area contributed by atoms with Gasteiger partial charge in [0.1, 0.15) is 12.3 Å². The second kappa shape index (κ2) is 8.63. The molecule has 0 radical (unpaired) electrons. The van der Waals surface area contributed by atoms with E-state index in [9.17, 15) is 13.2 Å². The summed E-state index contributed by atoms with van der Waals surface area (Å²) in [5.74, 6) is 0.148. The predicted molar refractivity (Wildman–Crippen MR) is 109 cm³/mol. The maximum absolute atomic E-state index is 12.5. The Labute approximate surface area is 165 Å². The lowest BCUT2D eigenvalue weighted by Gasteiger charge is -2.24. The van der Waals surface area contributed by atoms with E-state index < -0.39 is 15.9 Å². The number of nitrogens with one attached hydrogen (secondary N) is 1. The van der Waals surface area contributed by atoms with Crippen LogP contribution in [0.4, 0.5) is 11.4 Å². The van der Waals surface area contributed by atoms with Crippen molar-refractivity contribution >= 4 is 38.9 Å². The first-order valence-corrected chi connectivity index (χ1v) is 10.6. The first-order valence-electron chi connectivity index (χ1n) is 8.37. The van der Waals surface area contributed by atoms with Crippen molar-refractivity contribution in [3.8, 4) is 5.75 Å². The van der Waals surface area contributed by atoms with Crippen molar-refractivity contribution in [2.75, 3.05) is 22.4 Å². The Bertz CT molecular complexity index is 929. The van der Waals surface area contributed by atoms with Gasteiger partial charge in [-0.3, -0.25) is 9.10 Å². The highest BCUT2D eigenvalue weighted by molar-refractivity contribution is 7.92. The Kier molecular flexibility index (Phi) is 6.73. The van der Waals surface area contributed by atoms with Gasteiger partial charge in [0, 0.05) is 16.8 Å². The van der Waals surface area contributed by atoms with E-state index in [1.165, 1.54) is 0 Å². The molecule has 0 spiro atoms. The molecule has 1 amide bonds. The second-order valence-corrected chi connectivity index (χ2v) is 8.71. The summed E-state index contributed by atoms with van der Waals surface area (Å²) in [6.45, 7) is 5.15. The number of nitrogens with zero attached hydrogens (tertiary/aromatic N) is 1. The quantitative estimate of drug-likeness (QED) is 0.752. The first kappa shape index (κ1) is 21.1. The monoisotopic (exact) mass is 410 g/mol. The topological polar surface area (TPSA) is 75.7 Å². The molecule has 0 aliphatic carbocycles. The van der Waals surface area contributed by atoms with Crippen molar-refractivity contribution < 1.29 is 17.9 Å². The van der Waals surface area contributed by atoms with Gasteiger partial charge in [-0.05, 0) is 50.6 Å². The number of halogens is 1. The third kappa shape index (κ3) is 5.87. The molecule has 2 rings (SSSR count). The fourth-order valence-electron chi connectivity index (χ4n) is 2.50. The lowest BCUT2D eigenvalue weighted by molar-refractivity contribution is -0.114. The molecular weight excluding hydrogens is 388 g/mol. The largest absolute Gasteiger partial charge is 0.491 e. The maximum atomic E-state index is 12.5. The number of benzene rings is 2. The minimum atomic E-state index is -3.68. The molecule has 0 saturated carbocycles. The number of carbonyl (C=O) groups excluding carboxylic acids is 1. The lowest BCUT2D eigenvalue weighted by Crippen LogP contribution is -2.37. The van der Waals surface area contributed by atoms with Crippen LogP contribution in [0.25, 0.3) is 0 Å². The number of ether oxygens (including phenoxy) is 1. The van der Waals surface area contributed by atoms with E-state index in [2.05, 4.69) is 5.32 Å². The number of sulfonamides is 1. The average Bonchev–Trinajstić information content (AvgIpc) is 2.54. The van der Waals surface area contributed by atoms with Gasteiger partial charge in [-0.1, -0.05) is 23.7 Å². The van der Waals surface area contributed by atoms with Gasteiger partial charge in [-0.2, -0.15) is 0 Å². The Morgan fingerprint density at radius 1 is 1.22 bits per heavy atom. The minimum Gasteiger partial charge on any atom is -0.491 e. The molecule has 0 aromatic heterocycles. The van der Waals surface area contributed by atoms with Crippen LogP contribution in [0.2, 0.25) is 5.02 Å². The van der Waals surface area contributed by atoms with Crippen molar-refractivity contribution in [3.63, 3.8) is 0 Å². The van der Waals surface area contributed by atoms with Crippen LogP contribution >= 0.6 is 11.6 Å². The number of rotatable bonds is 7. The molecule has 27 heavy (non-hydrogen) atoms.